The molecule has 0 aliphatic rings. The maximum Gasteiger partial charge on any atom is 0.253 e. The van der Waals surface area contributed by atoms with E-state index in [0.29, 0.717) is 11.4 Å². The minimum absolute atomic E-state index is 0.396. The third-order valence-corrected chi connectivity index (χ3v) is 2.92. The van der Waals surface area contributed by atoms with Crippen LogP contribution >= 0.6 is 23.2 Å². The first-order valence-corrected chi connectivity index (χ1v) is 5.93. The van der Waals surface area contributed by atoms with E-state index in [-0.39, 0.29) is 0 Å². The van der Waals surface area contributed by atoms with Crippen LogP contribution in [0.2, 0.25) is 0 Å². The van der Waals surface area contributed by atoms with E-state index in [4.69, 9.17) is 23.2 Å². The number of halogens is 2. The van der Waals surface area contributed by atoms with Crippen LogP contribution in [-0.4, -0.2) is 10.2 Å². The molecule has 86 valence electrons. The number of carbonyl (C=O) groups is 1. The van der Waals surface area contributed by atoms with Gasteiger partial charge in [-0.15, -0.1) is 11.6 Å². The van der Waals surface area contributed by atoms with E-state index < -0.39 is 5.24 Å². The monoisotopic (exact) mass is 265 g/mol. The molecular formula is C13H9Cl2NO. The molecule has 0 spiro atoms. The van der Waals surface area contributed by atoms with Crippen LogP contribution in [0, 0.1) is 0 Å². The van der Waals surface area contributed by atoms with Gasteiger partial charge in [0.15, 0.2) is 0 Å². The molecule has 0 aliphatic carbocycles. The molecule has 0 saturated heterocycles. The first kappa shape index (κ1) is 12.1. The first-order chi connectivity index (χ1) is 8.20. The summed E-state index contributed by atoms with van der Waals surface area (Å²) in [4.78, 5) is 15.1. The van der Waals surface area contributed by atoms with Crippen molar-refractivity contribution >= 4 is 28.4 Å². The third-order valence-electron chi connectivity index (χ3n) is 2.39. The van der Waals surface area contributed by atoms with Gasteiger partial charge in [0.1, 0.15) is 0 Å². The lowest BCUT2D eigenvalue weighted by Crippen LogP contribution is -1.91. The highest BCUT2D eigenvalue weighted by Crippen LogP contribution is 2.18. The molecule has 4 heteroatoms. The molecule has 17 heavy (non-hydrogen) atoms. The Balaban J connectivity index is 2.29. The molecule has 2 aromatic rings. The zero-order valence-corrected chi connectivity index (χ0v) is 10.4. The van der Waals surface area contributed by atoms with E-state index in [1.807, 2.05) is 24.3 Å². The van der Waals surface area contributed by atoms with Gasteiger partial charge in [0.05, 0.1) is 11.3 Å². The summed E-state index contributed by atoms with van der Waals surface area (Å²) >= 11 is 11.1. The minimum atomic E-state index is -0.499. The molecule has 1 heterocycles. The van der Waals surface area contributed by atoms with Crippen molar-refractivity contribution in [2.24, 2.45) is 0 Å². The Morgan fingerprint density at radius 2 is 1.82 bits per heavy atom. The molecule has 2 rings (SSSR count). The second-order valence-electron chi connectivity index (χ2n) is 3.54. The molecule has 2 nitrogen and oxygen atoms in total. The van der Waals surface area contributed by atoms with Gasteiger partial charge >= 0.3 is 0 Å². The maximum absolute atomic E-state index is 10.9. The van der Waals surface area contributed by atoms with Gasteiger partial charge in [-0.2, -0.15) is 0 Å². The first-order valence-electron chi connectivity index (χ1n) is 5.02. The summed E-state index contributed by atoms with van der Waals surface area (Å²) < 4.78 is 0. The minimum Gasteiger partial charge on any atom is -0.276 e. The van der Waals surface area contributed by atoms with E-state index in [1.165, 1.54) is 6.20 Å². The van der Waals surface area contributed by atoms with Crippen LogP contribution in [0.3, 0.4) is 0 Å². The number of rotatable bonds is 3. The molecule has 0 fully saturated rings. The van der Waals surface area contributed by atoms with Crippen molar-refractivity contribution in [3.63, 3.8) is 0 Å². The Bertz CT molecular complexity index is 520. The third kappa shape index (κ3) is 2.84. The van der Waals surface area contributed by atoms with Gasteiger partial charge in [-0.3, -0.25) is 9.78 Å². The molecular weight excluding hydrogens is 257 g/mol. The van der Waals surface area contributed by atoms with Crippen molar-refractivity contribution in [2.75, 3.05) is 0 Å². The smallest absolute Gasteiger partial charge is 0.253 e. The number of hydrogen-bond donors (Lipinski definition) is 0. The van der Waals surface area contributed by atoms with Gasteiger partial charge in [0, 0.05) is 17.6 Å². The SMILES string of the molecule is O=C(Cl)c1ccc(-c2ccc(CCl)cc2)nc1. The predicted molar refractivity (Wildman–Crippen MR) is 69.4 cm³/mol. The summed E-state index contributed by atoms with van der Waals surface area (Å²) in [5.41, 5.74) is 3.23. The molecule has 0 bridgehead atoms. The average Bonchev–Trinajstić information content (AvgIpc) is 2.39. The van der Waals surface area contributed by atoms with Crippen molar-refractivity contribution in [1.29, 1.82) is 0 Å². The van der Waals surface area contributed by atoms with E-state index in [2.05, 4.69) is 4.98 Å². The second-order valence-corrected chi connectivity index (χ2v) is 4.15. The lowest BCUT2D eigenvalue weighted by atomic mass is 10.1. The number of benzene rings is 1. The summed E-state index contributed by atoms with van der Waals surface area (Å²) in [6.07, 6.45) is 1.47. The fraction of sp³-hybridized carbons (Fsp3) is 0.0769. The van der Waals surface area contributed by atoms with Crippen LogP contribution in [-0.2, 0) is 5.88 Å². The lowest BCUT2D eigenvalue weighted by molar-refractivity contribution is 0.108. The largest absolute Gasteiger partial charge is 0.276 e. The van der Waals surface area contributed by atoms with Gasteiger partial charge in [-0.25, -0.2) is 0 Å². The summed E-state index contributed by atoms with van der Waals surface area (Å²) in [7, 11) is 0. The Labute approximate surface area is 109 Å². The Morgan fingerprint density at radius 1 is 1.12 bits per heavy atom. The van der Waals surface area contributed by atoms with Crippen LogP contribution in [0.1, 0.15) is 15.9 Å². The van der Waals surface area contributed by atoms with Gasteiger partial charge in [0.2, 0.25) is 0 Å². The Hall–Kier alpha value is -1.38. The number of pyridine rings is 1. The summed E-state index contributed by atoms with van der Waals surface area (Å²) in [5.74, 6) is 0.493. The average molecular weight is 266 g/mol. The summed E-state index contributed by atoms with van der Waals surface area (Å²) in [5, 5.41) is -0.499. The fourth-order valence-electron chi connectivity index (χ4n) is 1.45. The molecule has 0 saturated carbocycles. The van der Waals surface area contributed by atoms with E-state index in [1.54, 1.807) is 12.1 Å². The second kappa shape index (κ2) is 5.30. The number of hydrogen-bond acceptors (Lipinski definition) is 2. The normalized spacial score (nSPS) is 10.2. The van der Waals surface area contributed by atoms with Crippen molar-refractivity contribution in [1.82, 2.24) is 4.98 Å². The van der Waals surface area contributed by atoms with Gasteiger partial charge in [0.25, 0.3) is 5.24 Å². The van der Waals surface area contributed by atoms with E-state index in [0.717, 1.165) is 16.8 Å². The maximum atomic E-state index is 10.9. The van der Waals surface area contributed by atoms with Crippen LogP contribution in [0.5, 0.6) is 0 Å². The molecule has 0 unspecified atom stereocenters. The number of carbonyl (C=O) groups excluding carboxylic acids is 1. The number of nitrogens with zero attached hydrogens (tertiary/aromatic N) is 1. The van der Waals surface area contributed by atoms with Gasteiger partial charge < -0.3 is 0 Å². The predicted octanol–water partition coefficient (Wildman–Crippen LogP) is 3.87. The highest BCUT2D eigenvalue weighted by Gasteiger charge is 2.03. The van der Waals surface area contributed by atoms with Crippen LogP contribution < -0.4 is 0 Å². The zero-order chi connectivity index (χ0) is 12.3. The van der Waals surface area contributed by atoms with Crippen LogP contribution in [0.15, 0.2) is 42.6 Å². The Kier molecular flexibility index (Phi) is 3.77. The van der Waals surface area contributed by atoms with Crippen LogP contribution in [0.4, 0.5) is 0 Å². The van der Waals surface area contributed by atoms with Crippen molar-refractivity contribution in [3.05, 3.63) is 53.7 Å². The Morgan fingerprint density at radius 3 is 2.29 bits per heavy atom. The topological polar surface area (TPSA) is 30.0 Å². The molecule has 0 radical (unpaired) electrons. The summed E-state index contributed by atoms with van der Waals surface area (Å²) in [6, 6.07) is 11.2. The summed E-state index contributed by atoms with van der Waals surface area (Å²) in [6.45, 7) is 0. The van der Waals surface area contributed by atoms with Crippen molar-refractivity contribution in [2.45, 2.75) is 5.88 Å². The van der Waals surface area contributed by atoms with Crippen molar-refractivity contribution < 1.29 is 4.79 Å². The standard InChI is InChI=1S/C13H9Cl2NO/c14-7-9-1-3-10(4-2-9)12-6-5-11(8-16-12)13(15)17/h1-6,8H,7H2. The highest BCUT2D eigenvalue weighted by atomic mass is 35.5. The number of alkyl halides is 1. The lowest BCUT2D eigenvalue weighted by Gasteiger charge is -2.02. The van der Waals surface area contributed by atoms with Gasteiger partial charge in [-0.05, 0) is 29.3 Å². The highest BCUT2D eigenvalue weighted by molar-refractivity contribution is 6.67. The van der Waals surface area contributed by atoms with Gasteiger partial charge in [-0.1, -0.05) is 24.3 Å². The molecule has 0 amide bonds. The molecule has 1 aromatic heterocycles. The van der Waals surface area contributed by atoms with E-state index >= 15 is 0 Å². The van der Waals surface area contributed by atoms with Crippen molar-refractivity contribution in [3.8, 4) is 11.3 Å². The zero-order valence-electron chi connectivity index (χ0n) is 8.86. The molecule has 0 atom stereocenters. The fourth-order valence-corrected chi connectivity index (χ4v) is 1.74. The quantitative estimate of drug-likeness (QED) is 0.623. The number of aromatic nitrogens is 1. The van der Waals surface area contributed by atoms with Crippen LogP contribution in [0.25, 0.3) is 11.3 Å². The molecule has 0 aliphatic heterocycles. The molecule has 0 N–H and O–H groups in total. The molecule has 1 aromatic carbocycles. The van der Waals surface area contributed by atoms with E-state index in [9.17, 15) is 4.79 Å².